The standard InChI is InChI=1S/C18H17FN6O3S/c1-2-24-17(11-4-3-5-12(20)8-11)22-23-18(24)29-10-16(26)21-13-6-7-14(19)15(9-13)25(27)28/h3-9H,2,10,20H2,1H3,(H,21,26). The van der Waals surface area contributed by atoms with E-state index in [1.165, 1.54) is 17.8 Å². The van der Waals surface area contributed by atoms with Crippen molar-refractivity contribution in [2.45, 2.75) is 18.6 Å². The van der Waals surface area contributed by atoms with Crippen LogP contribution in [0.3, 0.4) is 0 Å². The van der Waals surface area contributed by atoms with E-state index >= 15 is 0 Å². The van der Waals surface area contributed by atoms with Crippen molar-refractivity contribution in [2.24, 2.45) is 0 Å². The Morgan fingerprint density at radius 1 is 1.31 bits per heavy atom. The maximum Gasteiger partial charge on any atom is 0.306 e. The summed E-state index contributed by atoms with van der Waals surface area (Å²) in [6.45, 7) is 2.52. The Labute approximate surface area is 169 Å². The van der Waals surface area contributed by atoms with Crippen LogP contribution in [0.4, 0.5) is 21.5 Å². The molecule has 0 atom stereocenters. The number of carbonyl (C=O) groups is 1. The minimum Gasteiger partial charge on any atom is -0.399 e. The van der Waals surface area contributed by atoms with Gasteiger partial charge in [0.1, 0.15) is 0 Å². The lowest BCUT2D eigenvalue weighted by Gasteiger charge is -2.08. The van der Waals surface area contributed by atoms with Crippen molar-refractivity contribution < 1.29 is 14.1 Å². The third-order valence-electron chi connectivity index (χ3n) is 3.94. The number of benzene rings is 2. The molecule has 9 nitrogen and oxygen atoms in total. The molecule has 1 aromatic heterocycles. The minimum absolute atomic E-state index is 0.000234. The fourth-order valence-electron chi connectivity index (χ4n) is 2.63. The quantitative estimate of drug-likeness (QED) is 0.262. The van der Waals surface area contributed by atoms with Crippen LogP contribution in [0.5, 0.6) is 0 Å². The molecule has 1 heterocycles. The number of rotatable bonds is 7. The van der Waals surface area contributed by atoms with Crippen molar-refractivity contribution in [1.82, 2.24) is 14.8 Å². The molecule has 0 aliphatic carbocycles. The molecular formula is C18H17FN6O3S. The normalized spacial score (nSPS) is 10.7. The van der Waals surface area contributed by atoms with Gasteiger partial charge in [-0.2, -0.15) is 4.39 Å². The highest BCUT2D eigenvalue weighted by Gasteiger charge is 2.17. The molecule has 0 unspecified atom stereocenters. The molecule has 3 aromatic rings. The Hall–Kier alpha value is -3.47. The molecule has 0 fully saturated rings. The van der Waals surface area contributed by atoms with Crippen molar-refractivity contribution in [3.63, 3.8) is 0 Å². The summed E-state index contributed by atoms with van der Waals surface area (Å²) in [6.07, 6.45) is 0. The molecule has 0 aliphatic heterocycles. The highest BCUT2D eigenvalue weighted by molar-refractivity contribution is 7.99. The van der Waals surface area contributed by atoms with Crippen LogP contribution in [-0.2, 0) is 11.3 Å². The number of thioether (sulfide) groups is 1. The van der Waals surface area contributed by atoms with Crippen LogP contribution in [0, 0.1) is 15.9 Å². The molecule has 0 radical (unpaired) electrons. The van der Waals surface area contributed by atoms with E-state index in [2.05, 4.69) is 15.5 Å². The molecule has 3 N–H and O–H groups in total. The van der Waals surface area contributed by atoms with Crippen molar-refractivity contribution in [3.8, 4) is 11.4 Å². The number of nitrogens with one attached hydrogen (secondary N) is 1. The van der Waals surface area contributed by atoms with E-state index < -0.39 is 22.3 Å². The number of carbonyl (C=O) groups excluding carboxylic acids is 1. The Kier molecular flexibility index (Phi) is 6.07. The zero-order chi connectivity index (χ0) is 21.0. The summed E-state index contributed by atoms with van der Waals surface area (Å²) < 4.78 is 15.3. The summed E-state index contributed by atoms with van der Waals surface area (Å²) in [4.78, 5) is 22.2. The molecule has 11 heteroatoms. The molecule has 150 valence electrons. The van der Waals surface area contributed by atoms with Gasteiger partial charge in [-0.15, -0.1) is 10.2 Å². The summed E-state index contributed by atoms with van der Waals surface area (Å²) in [5, 5.41) is 22.2. The second-order valence-electron chi connectivity index (χ2n) is 5.94. The van der Waals surface area contributed by atoms with Crippen molar-refractivity contribution in [1.29, 1.82) is 0 Å². The van der Waals surface area contributed by atoms with Crippen LogP contribution in [0.25, 0.3) is 11.4 Å². The summed E-state index contributed by atoms with van der Waals surface area (Å²) in [5.41, 5.74) is 6.68. The number of nitro groups is 1. The topological polar surface area (TPSA) is 129 Å². The maximum absolute atomic E-state index is 13.4. The summed E-state index contributed by atoms with van der Waals surface area (Å²) in [5.74, 6) is -0.739. The minimum atomic E-state index is -0.965. The average molecular weight is 416 g/mol. The number of nitrogens with zero attached hydrogens (tertiary/aromatic N) is 4. The van der Waals surface area contributed by atoms with Gasteiger partial charge in [0, 0.05) is 29.5 Å². The fourth-order valence-corrected chi connectivity index (χ4v) is 3.43. The van der Waals surface area contributed by atoms with Crippen molar-refractivity contribution >= 4 is 34.7 Å². The van der Waals surface area contributed by atoms with Crippen LogP contribution >= 0.6 is 11.8 Å². The lowest BCUT2D eigenvalue weighted by atomic mass is 10.2. The fraction of sp³-hybridized carbons (Fsp3) is 0.167. The summed E-state index contributed by atoms with van der Waals surface area (Å²) in [6, 6.07) is 10.4. The molecular weight excluding hydrogens is 399 g/mol. The SMILES string of the molecule is CCn1c(SCC(=O)Nc2ccc(F)c([N+](=O)[O-])c2)nnc1-c1cccc(N)c1. The van der Waals surface area contributed by atoms with Crippen LogP contribution in [-0.4, -0.2) is 31.3 Å². The molecule has 0 bridgehead atoms. The average Bonchev–Trinajstić information content (AvgIpc) is 3.10. The second-order valence-corrected chi connectivity index (χ2v) is 6.88. The van der Waals surface area contributed by atoms with Gasteiger partial charge in [-0.05, 0) is 31.2 Å². The van der Waals surface area contributed by atoms with Crippen molar-refractivity contribution in [3.05, 3.63) is 58.4 Å². The lowest BCUT2D eigenvalue weighted by molar-refractivity contribution is -0.387. The Morgan fingerprint density at radius 3 is 2.79 bits per heavy atom. The van der Waals surface area contributed by atoms with Gasteiger partial charge in [0.05, 0.1) is 10.7 Å². The van der Waals surface area contributed by atoms with Gasteiger partial charge in [0.25, 0.3) is 0 Å². The smallest absolute Gasteiger partial charge is 0.306 e. The Bertz CT molecular complexity index is 1070. The van der Waals surface area contributed by atoms with E-state index in [-0.39, 0.29) is 11.4 Å². The number of halogens is 1. The number of nitro benzene ring substituents is 1. The predicted molar refractivity (Wildman–Crippen MR) is 108 cm³/mol. The third kappa shape index (κ3) is 4.69. The lowest BCUT2D eigenvalue weighted by Crippen LogP contribution is -2.15. The molecule has 0 saturated carbocycles. The number of aromatic nitrogens is 3. The first-order chi connectivity index (χ1) is 13.9. The molecule has 2 aromatic carbocycles. The number of hydrogen-bond donors (Lipinski definition) is 2. The first-order valence-corrected chi connectivity index (χ1v) is 9.53. The number of amides is 1. The maximum atomic E-state index is 13.4. The molecule has 0 aliphatic rings. The van der Waals surface area contributed by atoms with Gasteiger partial charge in [-0.3, -0.25) is 14.9 Å². The molecule has 1 amide bonds. The highest BCUT2D eigenvalue weighted by Crippen LogP contribution is 2.26. The highest BCUT2D eigenvalue weighted by atomic mass is 32.2. The van der Waals surface area contributed by atoms with Gasteiger partial charge in [0.15, 0.2) is 11.0 Å². The predicted octanol–water partition coefficient (Wildman–Crippen LogP) is 3.33. The zero-order valence-electron chi connectivity index (χ0n) is 15.3. The van der Waals surface area contributed by atoms with Gasteiger partial charge in [-0.1, -0.05) is 23.9 Å². The Balaban J connectivity index is 1.69. The number of nitrogens with two attached hydrogens (primary N) is 1. The van der Waals surface area contributed by atoms with Gasteiger partial charge < -0.3 is 15.6 Å². The van der Waals surface area contributed by atoms with Crippen LogP contribution in [0.2, 0.25) is 0 Å². The van der Waals surface area contributed by atoms with E-state index in [4.69, 9.17) is 5.73 Å². The second kappa shape index (κ2) is 8.69. The molecule has 3 rings (SSSR count). The van der Waals surface area contributed by atoms with Crippen LogP contribution in [0.15, 0.2) is 47.6 Å². The monoisotopic (exact) mass is 416 g/mol. The first kappa shape index (κ1) is 20.3. The molecule has 29 heavy (non-hydrogen) atoms. The van der Waals surface area contributed by atoms with Gasteiger partial charge >= 0.3 is 5.69 Å². The third-order valence-corrected chi connectivity index (χ3v) is 4.90. The van der Waals surface area contributed by atoms with E-state index in [0.717, 1.165) is 17.7 Å². The summed E-state index contributed by atoms with van der Waals surface area (Å²) >= 11 is 1.17. The van der Waals surface area contributed by atoms with Crippen LogP contribution in [0.1, 0.15) is 6.92 Å². The first-order valence-electron chi connectivity index (χ1n) is 8.54. The number of anilines is 2. The van der Waals surface area contributed by atoms with E-state index in [9.17, 15) is 19.3 Å². The van der Waals surface area contributed by atoms with Gasteiger partial charge in [-0.25, -0.2) is 0 Å². The molecule has 0 saturated heterocycles. The van der Waals surface area contributed by atoms with Gasteiger partial charge in [0.2, 0.25) is 11.7 Å². The van der Waals surface area contributed by atoms with Crippen LogP contribution < -0.4 is 11.1 Å². The largest absolute Gasteiger partial charge is 0.399 e. The van der Waals surface area contributed by atoms with Crippen molar-refractivity contribution in [2.75, 3.05) is 16.8 Å². The van der Waals surface area contributed by atoms with E-state index in [0.29, 0.717) is 23.2 Å². The zero-order valence-corrected chi connectivity index (χ0v) is 16.1. The molecule has 0 spiro atoms. The Morgan fingerprint density at radius 2 is 2.10 bits per heavy atom. The van der Waals surface area contributed by atoms with E-state index in [1.54, 1.807) is 12.1 Å². The van der Waals surface area contributed by atoms with E-state index in [1.807, 2.05) is 23.6 Å². The number of nitrogen functional groups attached to an aromatic ring is 1. The summed E-state index contributed by atoms with van der Waals surface area (Å²) in [7, 11) is 0. The number of hydrogen-bond acceptors (Lipinski definition) is 7.